The van der Waals surface area contributed by atoms with Crippen LogP contribution >= 0.6 is 0 Å². The lowest BCUT2D eigenvalue weighted by Gasteiger charge is -2.09. The first-order chi connectivity index (χ1) is 15.0. The van der Waals surface area contributed by atoms with Crippen molar-refractivity contribution in [2.75, 3.05) is 12.4 Å². The number of anilines is 1. The third-order valence-electron chi connectivity index (χ3n) is 4.53. The second-order valence-corrected chi connectivity index (χ2v) is 6.50. The Kier molecular flexibility index (Phi) is 5.14. The van der Waals surface area contributed by atoms with Crippen LogP contribution in [0, 0.1) is 10.1 Å². The van der Waals surface area contributed by atoms with E-state index < -0.39 is 16.4 Å². The van der Waals surface area contributed by atoms with Gasteiger partial charge in [0.2, 0.25) is 5.91 Å². The number of ether oxygens (including phenoxy) is 1. The molecule has 0 atom stereocenters. The molecular formula is C20H16N6O5. The van der Waals surface area contributed by atoms with E-state index in [1.807, 2.05) is 0 Å². The van der Waals surface area contributed by atoms with Crippen molar-refractivity contribution in [2.24, 2.45) is 0 Å². The van der Waals surface area contributed by atoms with Crippen molar-refractivity contribution in [3.63, 3.8) is 0 Å². The van der Waals surface area contributed by atoms with Crippen LogP contribution in [0.2, 0.25) is 0 Å². The fourth-order valence-electron chi connectivity index (χ4n) is 3.09. The molecule has 0 saturated heterocycles. The smallest absolute Gasteiger partial charge is 0.294 e. The average Bonchev–Trinajstić information content (AvgIpc) is 3.20. The van der Waals surface area contributed by atoms with Gasteiger partial charge in [-0.1, -0.05) is 18.2 Å². The van der Waals surface area contributed by atoms with E-state index in [0.29, 0.717) is 11.4 Å². The van der Waals surface area contributed by atoms with Gasteiger partial charge in [0, 0.05) is 17.8 Å². The maximum absolute atomic E-state index is 12.8. The first kappa shape index (κ1) is 19.8. The van der Waals surface area contributed by atoms with Gasteiger partial charge in [0.1, 0.15) is 29.7 Å². The Morgan fingerprint density at radius 3 is 2.81 bits per heavy atom. The summed E-state index contributed by atoms with van der Waals surface area (Å²) < 4.78 is 7.49. The number of amides is 1. The van der Waals surface area contributed by atoms with Gasteiger partial charge in [-0.05, 0) is 18.2 Å². The van der Waals surface area contributed by atoms with Crippen LogP contribution < -0.4 is 15.6 Å². The fraction of sp³-hybridized carbons (Fsp3) is 0.100. The zero-order valence-electron chi connectivity index (χ0n) is 16.3. The average molecular weight is 420 g/mol. The van der Waals surface area contributed by atoms with E-state index in [2.05, 4.69) is 15.4 Å². The molecule has 0 bridgehead atoms. The number of rotatable bonds is 6. The molecule has 0 saturated carbocycles. The highest BCUT2D eigenvalue weighted by molar-refractivity contribution is 5.91. The molecular weight excluding hydrogens is 404 g/mol. The summed E-state index contributed by atoms with van der Waals surface area (Å²) in [6.45, 7) is -0.268. The first-order valence-electron chi connectivity index (χ1n) is 9.09. The number of nitrogens with one attached hydrogen (secondary N) is 1. The Morgan fingerprint density at radius 1 is 1.23 bits per heavy atom. The van der Waals surface area contributed by atoms with Crippen LogP contribution in [0.25, 0.3) is 16.7 Å². The maximum Gasteiger partial charge on any atom is 0.294 e. The van der Waals surface area contributed by atoms with E-state index in [0.717, 1.165) is 4.57 Å². The number of fused-ring (bicyclic) bond motifs is 1. The number of aromatic nitrogens is 4. The molecule has 0 fully saturated rings. The van der Waals surface area contributed by atoms with Gasteiger partial charge in [-0.3, -0.25) is 24.3 Å². The van der Waals surface area contributed by atoms with Crippen LogP contribution in [0.5, 0.6) is 5.75 Å². The summed E-state index contributed by atoms with van der Waals surface area (Å²) >= 11 is 0. The number of nitro groups is 1. The van der Waals surface area contributed by atoms with Crippen LogP contribution in [0.15, 0.2) is 65.8 Å². The highest BCUT2D eigenvalue weighted by Crippen LogP contribution is 2.24. The second kappa shape index (κ2) is 8.06. The van der Waals surface area contributed by atoms with Crippen molar-refractivity contribution in [1.82, 2.24) is 19.3 Å². The number of para-hydroxylation sites is 2. The molecule has 11 heteroatoms. The number of hydrogen-bond donors (Lipinski definition) is 1. The molecule has 4 rings (SSSR count). The number of nitro benzene ring substituents is 1. The number of carbonyl (C=O) groups is 1. The molecule has 2 heterocycles. The Labute approximate surface area is 174 Å². The lowest BCUT2D eigenvalue weighted by molar-refractivity contribution is -0.384. The minimum atomic E-state index is -0.535. The van der Waals surface area contributed by atoms with Crippen LogP contribution in [-0.2, 0) is 11.3 Å². The highest BCUT2D eigenvalue weighted by atomic mass is 16.6. The number of nitrogens with zero attached hydrogens (tertiary/aromatic N) is 5. The highest BCUT2D eigenvalue weighted by Gasteiger charge is 2.19. The van der Waals surface area contributed by atoms with Crippen molar-refractivity contribution >= 4 is 28.3 Å². The second-order valence-electron chi connectivity index (χ2n) is 6.50. The number of methoxy groups -OCH3 is 1. The SMILES string of the molecule is COc1cccc(NC(=O)Cn2cnc3c(cnn3-c3ccccc3[N+](=O)[O-])c2=O)c1. The standard InChI is InChI=1S/C20H16N6O5/c1-31-14-6-4-5-13(9-14)23-18(27)11-24-12-21-19-15(20(24)28)10-22-25(19)16-7-2-3-8-17(16)26(29)30/h2-10,12H,11H2,1H3,(H,23,27). The van der Waals surface area contributed by atoms with Crippen LogP contribution in [0.1, 0.15) is 0 Å². The monoisotopic (exact) mass is 420 g/mol. The first-order valence-corrected chi connectivity index (χ1v) is 9.09. The van der Waals surface area contributed by atoms with E-state index in [1.165, 1.54) is 42.5 Å². The van der Waals surface area contributed by atoms with Gasteiger partial charge >= 0.3 is 0 Å². The van der Waals surface area contributed by atoms with Crippen LogP contribution in [0.3, 0.4) is 0 Å². The lowest BCUT2D eigenvalue weighted by Crippen LogP contribution is -2.27. The van der Waals surface area contributed by atoms with E-state index in [4.69, 9.17) is 4.74 Å². The molecule has 1 amide bonds. The van der Waals surface area contributed by atoms with Gasteiger partial charge in [0.15, 0.2) is 5.65 Å². The minimum absolute atomic E-state index is 0.134. The van der Waals surface area contributed by atoms with Gasteiger partial charge in [-0.25, -0.2) is 9.67 Å². The van der Waals surface area contributed by atoms with Crippen LogP contribution in [-0.4, -0.2) is 37.3 Å². The van der Waals surface area contributed by atoms with E-state index >= 15 is 0 Å². The van der Waals surface area contributed by atoms with Crippen molar-refractivity contribution in [3.05, 3.63) is 81.5 Å². The van der Waals surface area contributed by atoms with Crippen molar-refractivity contribution in [3.8, 4) is 11.4 Å². The lowest BCUT2D eigenvalue weighted by atomic mass is 10.2. The normalized spacial score (nSPS) is 10.7. The maximum atomic E-state index is 12.8. The van der Waals surface area contributed by atoms with Gasteiger partial charge in [0.05, 0.1) is 18.2 Å². The van der Waals surface area contributed by atoms with Crippen LogP contribution in [0.4, 0.5) is 11.4 Å². The largest absolute Gasteiger partial charge is 0.497 e. The summed E-state index contributed by atoms with van der Waals surface area (Å²) in [5.74, 6) is 0.156. The van der Waals surface area contributed by atoms with Gasteiger partial charge in [0.25, 0.3) is 11.2 Å². The van der Waals surface area contributed by atoms with E-state index in [9.17, 15) is 19.7 Å². The quantitative estimate of drug-likeness (QED) is 0.373. The zero-order chi connectivity index (χ0) is 22.0. The molecule has 0 aliphatic heterocycles. The van der Waals surface area contributed by atoms with E-state index in [1.54, 1.807) is 30.3 Å². The molecule has 2 aromatic heterocycles. The Morgan fingerprint density at radius 2 is 2.03 bits per heavy atom. The Bertz CT molecular complexity index is 1360. The molecule has 0 aliphatic rings. The summed E-state index contributed by atoms with van der Waals surface area (Å²) in [4.78, 5) is 40.2. The molecule has 0 radical (unpaired) electrons. The predicted octanol–water partition coefficient (Wildman–Crippen LogP) is 2.14. The summed E-state index contributed by atoms with van der Waals surface area (Å²) in [7, 11) is 1.52. The molecule has 156 valence electrons. The topological polar surface area (TPSA) is 134 Å². The minimum Gasteiger partial charge on any atom is -0.497 e. The van der Waals surface area contributed by atoms with Crippen molar-refractivity contribution in [2.45, 2.75) is 6.54 Å². The number of hydrogen-bond acceptors (Lipinski definition) is 7. The molecule has 2 aromatic carbocycles. The van der Waals surface area contributed by atoms with Gasteiger partial charge < -0.3 is 10.1 Å². The molecule has 11 nitrogen and oxygen atoms in total. The number of carbonyl (C=O) groups excluding carboxylic acids is 1. The van der Waals surface area contributed by atoms with Gasteiger partial charge in [-0.2, -0.15) is 5.10 Å². The Hall–Kier alpha value is -4.54. The molecule has 31 heavy (non-hydrogen) atoms. The predicted molar refractivity (Wildman–Crippen MR) is 111 cm³/mol. The molecule has 4 aromatic rings. The number of benzene rings is 2. The summed E-state index contributed by atoms with van der Waals surface area (Å²) in [5, 5.41) is 18.2. The Balaban J connectivity index is 1.63. The van der Waals surface area contributed by atoms with Gasteiger partial charge in [-0.15, -0.1) is 0 Å². The molecule has 1 N–H and O–H groups in total. The fourth-order valence-corrected chi connectivity index (χ4v) is 3.09. The third-order valence-corrected chi connectivity index (χ3v) is 4.53. The molecule has 0 aliphatic carbocycles. The zero-order valence-corrected chi connectivity index (χ0v) is 16.3. The van der Waals surface area contributed by atoms with Crippen molar-refractivity contribution < 1.29 is 14.5 Å². The third kappa shape index (κ3) is 3.83. The molecule has 0 spiro atoms. The summed E-state index contributed by atoms with van der Waals surface area (Å²) in [6.07, 6.45) is 2.49. The van der Waals surface area contributed by atoms with Crippen molar-refractivity contribution in [1.29, 1.82) is 0 Å². The summed E-state index contributed by atoms with van der Waals surface area (Å²) in [5.41, 5.74) is 0.203. The molecule has 0 unspecified atom stereocenters. The summed E-state index contributed by atoms with van der Waals surface area (Å²) in [6, 6.07) is 12.8. The van der Waals surface area contributed by atoms with E-state index in [-0.39, 0.29) is 29.0 Å².